The van der Waals surface area contributed by atoms with Gasteiger partial charge in [0, 0.05) is 5.56 Å². The summed E-state index contributed by atoms with van der Waals surface area (Å²) in [6.45, 7) is 0. The smallest absolute Gasteiger partial charge is 0.111 e. The van der Waals surface area contributed by atoms with Gasteiger partial charge in [-0.15, -0.1) is 0 Å². The third kappa shape index (κ3) is 2.03. The second kappa shape index (κ2) is 4.67. The van der Waals surface area contributed by atoms with E-state index in [0.717, 1.165) is 16.9 Å². The molecule has 0 bridgehead atoms. The molecule has 0 aliphatic heterocycles. The molecule has 0 N–H and O–H groups in total. The molecule has 0 fully saturated rings. The summed E-state index contributed by atoms with van der Waals surface area (Å²) in [5, 5.41) is 5.19. The Kier molecular flexibility index (Phi) is 2.87. The molecule has 3 heteroatoms. The SMILES string of the molecule is Clc1cn(-c2ccccc2)nc1-c1ccccc1. The monoisotopic (exact) mass is 254 g/mol. The molecule has 0 saturated heterocycles. The van der Waals surface area contributed by atoms with Gasteiger partial charge >= 0.3 is 0 Å². The molecule has 0 amide bonds. The molecule has 3 rings (SSSR count). The average Bonchev–Trinajstić information content (AvgIpc) is 2.83. The van der Waals surface area contributed by atoms with E-state index in [4.69, 9.17) is 11.6 Å². The molecule has 0 radical (unpaired) electrons. The molecular formula is C15H11ClN2. The van der Waals surface area contributed by atoms with Crippen molar-refractivity contribution in [3.8, 4) is 16.9 Å². The van der Waals surface area contributed by atoms with E-state index in [0.29, 0.717) is 5.02 Å². The highest BCUT2D eigenvalue weighted by Gasteiger charge is 2.09. The van der Waals surface area contributed by atoms with Crippen LogP contribution in [0, 0.1) is 0 Å². The molecule has 3 aromatic rings. The molecule has 0 aliphatic carbocycles. The molecule has 1 heterocycles. The van der Waals surface area contributed by atoms with Crippen LogP contribution in [-0.4, -0.2) is 9.78 Å². The van der Waals surface area contributed by atoms with Gasteiger partial charge in [-0.2, -0.15) is 5.10 Å². The summed E-state index contributed by atoms with van der Waals surface area (Å²) in [7, 11) is 0. The minimum absolute atomic E-state index is 0.657. The Morgan fingerprint density at radius 2 is 1.44 bits per heavy atom. The number of halogens is 1. The Morgan fingerprint density at radius 3 is 2.11 bits per heavy atom. The Labute approximate surface area is 110 Å². The van der Waals surface area contributed by atoms with Crippen molar-refractivity contribution in [3.63, 3.8) is 0 Å². The Hall–Kier alpha value is -2.06. The second-order valence-corrected chi connectivity index (χ2v) is 4.38. The van der Waals surface area contributed by atoms with Crippen LogP contribution in [0.1, 0.15) is 0 Å². The van der Waals surface area contributed by atoms with Gasteiger partial charge in [-0.3, -0.25) is 0 Å². The summed E-state index contributed by atoms with van der Waals surface area (Å²) in [6.07, 6.45) is 1.83. The van der Waals surface area contributed by atoms with E-state index in [2.05, 4.69) is 5.10 Å². The fourth-order valence-corrected chi connectivity index (χ4v) is 2.10. The average molecular weight is 255 g/mol. The Balaban J connectivity index is 2.07. The summed E-state index contributed by atoms with van der Waals surface area (Å²) in [5.41, 5.74) is 2.83. The topological polar surface area (TPSA) is 17.8 Å². The molecular weight excluding hydrogens is 244 g/mol. The molecule has 1 aromatic heterocycles. The van der Waals surface area contributed by atoms with Crippen molar-refractivity contribution in [1.82, 2.24) is 9.78 Å². The van der Waals surface area contributed by atoms with Gasteiger partial charge in [0.15, 0.2) is 0 Å². The van der Waals surface area contributed by atoms with E-state index >= 15 is 0 Å². The molecule has 18 heavy (non-hydrogen) atoms. The zero-order valence-corrected chi connectivity index (χ0v) is 10.4. The highest BCUT2D eigenvalue weighted by molar-refractivity contribution is 6.33. The van der Waals surface area contributed by atoms with Gasteiger partial charge < -0.3 is 0 Å². The number of aromatic nitrogens is 2. The van der Waals surface area contributed by atoms with E-state index in [1.807, 2.05) is 66.9 Å². The summed E-state index contributed by atoms with van der Waals surface area (Å²) in [4.78, 5) is 0. The molecule has 2 aromatic carbocycles. The van der Waals surface area contributed by atoms with Gasteiger partial charge in [0.25, 0.3) is 0 Å². The predicted octanol–water partition coefficient (Wildman–Crippen LogP) is 4.19. The van der Waals surface area contributed by atoms with E-state index < -0.39 is 0 Å². The summed E-state index contributed by atoms with van der Waals surface area (Å²) >= 11 is 6.25. The molecule has 0 atom stereocenters. The van der Waals surface area contributed by atoms with Crippen molar-refractivity contribution in [2.75, 3.05) is 0 Å². The third-order valence-electron chi connectivity index (χ3n) is 2.74. The number of hydrogen-bond donors (Lipinski definition) is 0. The lowest BCUT2D eigenvalue weighted by molar-refractivity contribution is 0.884. The molecule has 2 nitrogen and oxygen atoms in total. The zero-order chi connectivity index (χ0) is 12.4. The first-order valence-electron chi connectivity index (χ1n) is 5.70. The van der Waals surface area contributed by atoms with Crippen LogP contribution >= 0.6 is 11.6 Å². The number of hydrogen-bond acceptors (Lipinski definition) is 1. The van der Waals surface area contributed by atoms with Gasteiger partial charge in [0.05, 0.1) is 16.9 Å². The lowest BCUT2D eigenvalue weighted by Gasteiger charge is -1.99. The fourth-order valence-electron chi connectivity index (χ4n) is 1.86. The number of para-hydroxylation sites is 1. The second-order valence-electron chi connectivity index (χ2n) is 3.97. The third-order valence-corrected chi connectivity index (χ3v) is 3.01. The maximum atomic E-state index is 6.25. The lowest BCUT2D eigenvalue weighted by Crippen LogP contribution is -1.93. The van der Waals surface area contributed by atoms with Gasteiger partial charge in [-0.05, 0) is 12.1 Å². The summed E-state index contributed by atoms with van der Waals surface area (Å²) in [6, 6.07) is 19.9. The van der Waals surface area contributed by atoms with Crippen LogP contribution in [0.25, 0.3) is 16.9 Å². The highest BCUT2D eigenvalue weighted by atomic mass is 35.5. The number of nitrogens with zero attached hydrogens (tertiary/aromatic N) is 2. The van der Waals surface area contributed by atoms with Gasteiger partial charge in [0.1, 0.15) is 5.69 Å². The fraction of sp³-hybridized carbons (Fsp3) is 0. The van der Waals surface area contributed by atoms with Crippen molar-refractivity contribution >= 4 is 11.6 Å². The van der Waals surface area contributed by atoms with Crippen LogP contribution in [0.5, 0.6) is 0 Å². The molecule has 0 saturated carbocycles. The lowest BCUT2D eigenvalue weighted by atomic mass is 10.2. The van der Waals surface area contributed by atoms with Gasteiger partial charge in [-0.1, -0.05) is 60.1 Å². The van der Waals surface area contributed by atoms with Crippen molar-refractivity contribution in [3.05, 3.63) is 71.9 Å². The molecule has 0 spiro atoms. The summed E-state index contributed by atoms with van der Waals surface area (Å²) in [5.74, 6) is 0. The van der Waals surface area contributed by atoms with Gasteiger partial charge in [0.2, 0.25) is 0 Å². The van der Waals surface area contributed by atoms with Crippen molar-refractivity contribution in [2.45, 2.75) is 0 Å². The first kappa shape index (κ1) is 11.1. The van der Waals surface area contributed by atoms with E-state index in [9.17, 15) is 0 Å². The van der Waals surface area contributed by atoms with Crippen LogP contribution in [0.15, 0.2) is 66.9 Å². The molecule has 88 valence electrons. The first-order chi connectivity index (χ1) is 8.84. The number of rotatable bonds is 2. The van der Waals surface area contributed by atoms with E-state index in [1.165, 1.54) is 0 Å². The van der Waals surface area contributed by atoms with Crippen molar-refractivity contribution < 1.29 is 0 Å². The quantitative estimate of drug-likeness (QED) is 0.670. The van der Waals surface area contributed by atoms with Crippen LogP contribution in [0.2, 0.25) is 5.02 Å². The van der Waals surface area contributed by atoms with E-state index in [1.54, 1.807) is 4.68 Å². The minimum atomic E-state index is 0.657. The number of benzene rings is 2. The van der Waals surface area contributed by atoms with Crippen LogP contribution in [0.3, 0.4) is 0 Å². The maximum absolute atomic E-state index is 6.25. The normalized spacial score (nSPS) is 10.5. The van der Waals surface area contributed by atoms with Crippen LogP contribution in [0.4, 0.5) is 0 Å². The van der Waals surface area contributed by atoms with Crippen LogP contribution < -0.4 is 0 Å². The van der Waals surface area contributed by atoms with Crippen molar-refractivity contribution in [2.24, 2.45) is 0 Å². The largest absolute Gasteiger partial charge is 0.239 e. The van der Waals surface area contributed by atoms with E-state index in [-0.39, 0.29) is 0 Å². The van der Waals surface area contributed by atoms with Crippen LogP contribution in [-0.2, 0) is 0 Å². The Morgan fingerprint density at radius 1 is 0.833 bits per heavy atom. The molecule has 0 unspecified atom stereocenters. The Bertz CT molecular complexity index is 645. The first-order valence-corrected chi connectivity index (χ1v) is 6.08. The summed E-state index contributed by atoms with van der Waals surface area (Å²) < 4.78 is 1.80. The highest BCUT2D eigenvalue weighted by Crippen LogP contribution is 2.27. The van der Waals surface area contributed by atoms with Crippen molar-refractivity contribution in [1.29, 1.82) is 0 Å². The molecule has 0 aliphatic rings. The zero-order valence-electron chi connectivity index (χ0n) is 9.62. The van der Waals surface area contributed by atoms with Gasteiger partial charge in [-0.25, -0.2) is 4.68 Å². The minimum Gasteiger partial charge on any atom is -0.239 e. The maximum Gasteiger partial charge on any atom is 0.111 e. The predicted molar refractivity (Wildman–Crippen MR) is 74.0 cm³/mol. The standard InChI is InChI=1S/C15H11ClN2/c16-14-11-18(13-9-5-2-6-10-13)17-15(14)12-7-3-1-4-8-12/h1-11H.